The Morgan fingerprint density at radius 1 is 1.23 bits per heavy atom. The fraction of sp³-hybridized carbons (Fsp3) is 0.519. The summed E-state index contributed by atoms with van der Waals surface area (Å²) in [7, 11) is 0. The Hall–Kier alpha value is -3.42. The minimum Gasteiger partial charge on any atom is -0.510 e. The van der Waals surface area contributed by atoms with Gasteiger partial charge in [0.25, 0.3) is 5.91 Å². The maximum Gasteiger partial charge on any atom is 0.417 e. The highest BCUT2D eigenvalue weighted by Crippen LogP contribution is 2.54. The number of ketones is 2. The van der Waals surface area contributed by atoms with Crippen molar-refractivity contribution in [3.05, 3.63) is 51.0 Å². The van der Waals surface area contributed by atoms with Crippen molar-refractivity contribution in [2.45, 2.75) is 69.4 Å². The van der Waals surface area contributed by atoms with Gasteiger partial charge >= 0.3 is 6.18 Å². The molecule has 1 amide bonds. The van der Waals surface area contributed by atoms with Gasteiger partial charge in [-0.05, 0) is 55.3 Å². The third kappa shape index (κ3) is 3.93. The second kappa shape index (κ2) is 9.32. The fourth-order valence-electron chi connectivity index (χ4n) is 6.89. The number of nitrogens with two attached hydrogens (primary N) is 1. The number of halogens is 3. The van der Waals surface area contributed by atoms with Gasteiger partial charge in [-0.2, -0.15) is 13.2 Å². The number of fused-ring (bicyclic) bond motifs is 3. The van der Waals surface area contributed by atoms with Gasteiger partial charge in [-0.3, -0.25) is 14.4 Å². The highest BCUT2D eigenvalue weighted by Gasteiger charge is 2.63. The first kappa shape index (κ1) is 28.1. The lowest BCUT2D eigenvalue weighted by Gasteiger charge is -2.49. The number of carbonyl (C=O) groups is 3. The number of nitrogens with one attached hydrogen (secondary N) is 2. The molecule has 8 N–H and O–H groups in total. The van der Waals surface area contributed by atoms with Crippen LogP contribution in [-0.2, 0) is 22.2 Å². The Morgan fingerprint density at radius 2 is 1.90 bits per heavy atom. The molecule has 13 heteroatoms. The van der Waals surface area contributed by atoms with E-state index in [0.717, 1.165) is 6.07 Å². The topological polar surface area (TPSA) is 182 Å². The third-order valence-corrected chi connectivity index (χ3v) is 8.47. The quantitative estimate of drug-likeness (QED) is 0.269. The second-order valence-electron chi connectivity index (χ2n) is 11.2. The van der Waals surface area contributed by atoms with Crippen LogP contribution in [0.25, 0.3) is 0 Å². The zero-order chi connectivity index (χ0) is 29.5. The molecule has 1 aliphatic heterocycles. The number of aliphatic hydroxyl groups is 3. The van der Waals surface area contributed by atoms with Gasteiger partial charge in [0.15, 0.2) is 11.4 Å². The summed E-state index contributed by atoms with van der Waals surface area (Å²) in [4.78, 5) is 39.1. The van der Waals surface area contributed by atoms with Crippen LogP contribution in [-0.4, -0.2) is 62.1 Å². The average molecular weight is 566 g/mol. The van der Waals surface area contributed by atoms with E-state index in [-0.39, 0.29) is 18.0 Å². The van der Waals surface area contributed by atoms with E-state index in [9.17, 15) is 48.0 Å². The minimum absolute atomic E-state index is 0.183. The summed E-state index contributed by atoms with van der Waals surface area (Å²) in [6.07, 6.45) is -4.59. The predicted octanol–water partition coefficient (Wildman–Crippen LogP) is 2.00. The summed E-state index contributed by atoms with van der Waals surface area (Å²) in [5.74, 6) is -9.03. The Morgan fingerprint density at radius 3 is 2.45 bits per heavy atom. The van der Waals surface area contributed by atoms with Crippen molar-refractivity contribution < 1.29 is 48.0 Å². The van der Waals surface area contributed by atoms with E-state index in [2.05, 4.69) is 10.6 Å². The third-order valence-electron chi connectivity index (χ3n) is 8.47. The van der Waals surface area contributed by atoms with Crippen molar-refractivity contribution >= 4 is 17.5 Å². The molecule has 40 heavy (non-hydrogen) atoms. The van der Waals surface area contributed by atoms with Crippen molar-refractivity contribution in [2.24, 2.45) is 17.6 Å². The van der Waals surface area contributed by atoms with Crippen molar-refractivity contribution in [1.29, 1.82) is 0 Å². The molecule has 10 nitrogen and oxygen atoms in total. The Kier molecular flexibility index (Phi) is 6.55. The van der Waals surface area contributed by atoms with Crippen LogP contribution in [0.3, 0.4) is 0 Å². The Balaban J connectivity index is 1.73. The van der Waals surface area contributed by atoms with E-state index in [0.29, 0.717) is 19.4 Å². The van der Waals surface area contributed by atoms with Crippen molar-refractivity contribution in [1.82, 2.24) is 10.6 Å². The number of phenolic OH excluding ortho intramolecular Hbond substituents is 1. The molecule has 3 aliphatic carbocycles. The molecular formula is C27H30F3N3O7. The molecule has 4 aliphatic rings. The zero-order valence-electron chi connectivity index (χ0n) is 21.7. The maximum atomic E-state index is 14.5. The van der Waals surface area contributed by atoms with Crippen molar-refractivity contribution in [3.8, 4) is 5.75 Å². The molecule has 1 heterocycles. The van der Waals surface area contributed by atoms with Gasteiger partial charge in [0, 0.05) is 23.6 Å². The molecule has 1 fully saturated rings. The molecule has 216 valence electrons. The summed E-state index contributed by atoms with van der Waals surface area (Å²) in [6.45, 7) is 3.84. The number of aromatic hydroxyl groups is 1. The van der Waals surface area contributed by atoms with Crippen LogP contribution in [0.4, 0.5) is 13.2 Å². The first-order valence-corrected chi connectivity index (χ1v) is 13.0. The molecule has 0 saturated carbocycles. The second-order valence-corrected chi connectivity index (χ2v) is 11.2. The normalized spacial score (nSPS) is 30.5. The van der Waals surface area contributed by atoms with E-state index in [1.54, 1.807) is 13.8 Å². The average Bonchev–Trinajstić information content (AvgIpc) is 3.37. The summed E-state index contributed by atoms with van der Waals surface area (Å²) < 4.78 is 43.6. The molecule has 1 unspecified atom stereocenters. The molecule has 0 radical (unpaired) electrons. The zero-order valence-corrected chi connectivity index (χ0v) is 21.7. The van der Waals surface area contributed by atoms with Crippen molar-refractivity contribution in [3.63, 3.8) is 0 Å². The molecule has 0 bridgehead atoms. The van der Waals surface area contributed by atoms with Gasteiger partial charge in [0.05, 0.1) is 17.2 Å². The standard InChI is InChI=1S/C27H30F3N3O7/c1-9(2)33-20-13-7-10-6-12-17(15(34)8-11(14-4-3-5-32-14)19(12)27(28,29)30)21(35)16(10)23(37)26(13,40)24(38)18(22(20)36)25(31)39/h8-10,13-14,20,32-34,36-37,40H,3-7H2,1-2H3,(H2,31,39)/t10-,13-,14?,20-,26-/m0/s1. The number of hydrogen-bond acceptors (Lipinski definition) is 9. The lowest BCUT2D eigenvalue weighted by Crippen LogP contribution is -2.64. The van der Waals surface area contributed by atoms with Crippen LogP contribution in [0.5, 0.6) is 5.75 Å². The number of aliphatic hydroxyl groups excluding tert-OH is 2. The highest BCUT2D eigenvalue weighted by molar-refractivity contribution is 6.24. The van der Waals surface area contributed by atoms with Gasteiger partial charge in [-0.15, -0.1) is 0 Å². The Labute approximate surface area is 226 Å². The number of benzene rings is 1. The van der Waals surface area contributed by atoms with Gasteiger partial charge in [0.2, 0.25) is 5.78 Å². The fourth-order valence-corrected chi connectivity index (χ4v) is 6.89. The number of carbonyl (C=O) groups excluding carboxylic acids is 3. The number of rotatable bonds is 4. The maximum absolute atomic E-state index is 14.5. The first-order chi connectivity index (χ1) is 18.6. The lowest BCUT2D eigenvalue weighted by molar-refractivity contribution is -0.146. The van der Waals surface area contributed by atoms with Crippen molar-refractivity contribution in [2.75, 3.05) is 6.54 Å². The molecule has 1 aromatic carbocycles. The van der Waals surface area contributed by atoms with Gasteiger partial charge in [0.1, 0.15) is 22.8 Å². The van der Waals surface area contributed by atoms with Crippen LogP contribution < -0.4 is 16.4 Å². The van der Waals surface area contributed by atoms with E-state index in [4.69, 9.17) is 5.73 Å². The Bertz CT molecular complexity index is 1390. The smallest absolute Gasteiger partial charge is 0.417 e. The molecule has 1 aromatic rings. The predicted molar refractivity (Wildman–Crippen MR) is 133 cm³/mol. The van der Waals surface area contributed by atoms with Crippen LogP contribution >= 0.6 is 0 Å². The van der Waals surface area contributed by atoms with E-state index < -0.39 is 105 Å². The number of primary amides is 1. The molecular weight excluding hydrogens is 535 g/mol. The van der Waals surface area contributed by atoms with Crippen LogP contribution in [0.1, 0.15) is 66.2 Å². The largest absolute Gasteiger partial charge is 0.510 e. The molecule has 5 rings (SSSR count). The van der Waals surface area contributed by atoms with Crippen LogP contribution in [0.15, 0.2) is 28.7 Å². The lowest BCUT2D eigenvalue weighted by atomic mass is 9.58. The van der Waals surface area contributed by atoms with E-state index in [1.165, 1.54) is 0 Å². The SMILES string of the molecule is CC(C)N[C@@H]1C(O)=C(C(N)=O)C(=O)[C@@]2(O)C(O)=C3C(=O)c4c(O)cc(C5CCCN5)c(C(F)(F)F)c4C[C@H]3C[C@@H]12. The molecule has 1 saturated heterocycles. The van der Waals surface area contributed by atoms with E-state index in [1.807, 2.05) is 0 Å². The summed E-state index contributed by atoms with van der Waals surface area (Å²) in [5.41, 5.74) is -1.37. The summed E-state index contributed by atoms with van der Waals surface area (Å²) in [6, 6.07) is -1.46. The summed E-state index contributed by atoms with van der Waals surface area (Å²) >= 11 is 0. The first-order valence-electron chi connectivity index (χ1n) is 13.0. The number of allylic oxidation sites excluding steroid dienone is 1. The van der Waals surface area contributed by atoms with Gasteiger partial charge in [-0.1, -0.05) is 13.8 Å². The monoisotopic (exact) mass is 565 g/mol. The van der Waals surface area contributed by atoms with E-state index >= 15 is 0 Å². The molecule has 0 aromatic heterocycles. The highest BCUT2D eigenvalue weighted by atomic mass is 19.4. The summed E-state index contributed by atoms with van der Waals surface area (Å²) in [5, 5.41) is 50.5. The van der Waals surface area contributed by atoms with Crippen LogP contribution in [0, 0.1) is 11.8 Å². The number of Topliss-reactive ketones (excluding diaryl/α,β-unsaturated/α-hetero) is 2. The number of amides is 1. The van der Waals surface area contributed by atoms with Gasteiger partial charge in [-0.25, -0.2) is 0 Å². The molecule has 0 spiro atoms. The van der Waals surface area contributed by atoms with Gasteiger partial charge < -0.3 is 36.8 Å². The number of hydrogen-bond donors (Lipinski definition) is 7. The minimum atomic E-state index is -4.88. The number of alkyl halides is 3. The van der Waals surface area contributed by atoms with Crippen LogP contribution in [0.2, 0.25) is 0 Å². The number of phenols is 1. The molecule has 5 atom stereocenters.